The third-order valence-corrected chi connectivity index (χ3v) is 2.68. The molecular weight excluding hydrogens is 218 g/mol. The summed E-state index contributed by atoms with van der Waals surface area (Å²) >= 11 is 0. The summed E-state index contributed by atoms with van der Waals surface area (Å²) in [5.41, 5.74) is 7.15. The second-order valence-electron chi connectivity index (χ2n) is 4.24. The van der Waals surface area contributed by atoms with E-state index in [4.69, 9.17) is 10.5 Å². The molecule has 4 N–H and O–H groups in total. The molecule has 2 atom stereocenters. The first-order valence-electron chi connectivity index (χ1n) is 5.68. The second-order valence-corrected chi connectivity index (χ2v) is 4.24. The van der Waals surface area contributed by atoms with Gasteiger partial charge in [-0.1, -0.05) is 0 Å². The Bertz CT molecular complexity index is 434. The van der Waals surface area contributed by atoms with Gasteiger partial charge in [0.05, 0.1) is 5.69 Å². The number of nitrogens with one attached hydrogen (secondary N) is 2. The number of anilines is 2. The molecule has 2 rings (SSSR count). The van der Waals surface area contributed by atoms with E-state index in [-0.39, 0.29) is 11.9 Å². The van der Waals surface area contributed by atoms with E-state index >= 15 is 0 Å². The van der Waals surface area contributed by atoms with Gasteiger partial charge in [-0.05, 0) is 32.0 Å². The Morgan fingerprint density at radius 2 is 2.35 bits per heavy atom. The van der Waals surface area contributed by atoms with Crippen molar-refractivity contribution in [2.45, 2.75) is 26.0 Å². The average Bonchev–Trinajstić information content (AvgIpc) is 2.31. The summed E-state index contributed by atoms with van der Waals surface area (Å²) < 4.78 is 5.47. The fourth-order valence-corrected chi connectivity index (χ4v) is 1.64. The van der Waals surface area contributed by atoms with Gasteiger partial charge >= 0.3 is 0 Å². The minimum absolute atomic E-state index is 0.124. The van der Waals surface area contributed by atoms with E-state index in [1.54, 1.807) is 6.92 Å². The van der Waals surface area contributed by atoms with Gasteiger partial charge in [0, 0.05) is 18.3 Å². The zero-order valence-corrected chi connectivity index (χ0v) is 9.99. The van der Waals surface area contributed by atoms with E-state index in [9.17, 15) is 4.79 Å². The summed E-state index contributed by atoms with van der Waals surface area (Å²) in [5, 5.41) is 6.04. The summed E-state index contributed by atoms with van der Waals surface area (Å²) in [6.07, 6.45) is -0.440. The number of rotatable bonds is 3. The summed E-state index contributed by atoms with van der Waals surface area (Å²) in [6.45, 7) is 4.27. The molecular formula is C12H17N3O2. The lowest BCUT2D eigenvalue weighted by molar-refractivity contribution is -0.122. The summed E-state index contributed by atoms with van der Waals surface area (Å²) in [7, 11) is 0. The van der Waals surface area contributed by atoms with Crippen LogP contribution in [0.4, 0.5) is 11.4 Å². The SMILES string of the molecule is CC(CN)Nc1ccc2c(c1)NC(=O)C(C)O2. The van der Waals surface area contributed by atoms with Crippen molar-refractivity contribution >= 4 is 17.3 Å². The molecule has 1 aliphatic heterocycles. The average molecular weight is 235 g/mol. The van der Waals surface area contributed by atoms with Crippen LogP contribution in [0.2, 0.25) is 0 Å². The number of hydrogen-bond donors (Lipinski definition) is 3. The molecule has 0 aliphatic carbocycles. The van der Waals surface area contributed by atoms with Gasteiger partial charge in [-0.15, -0.1) is 0 Å². The third kappa shape index (κ3) is 2.50. The minimum atomic E-state index is -0.440. The number of nitrogens with two attached hydrogens (primary N) is 1. The lowest BCUT2D eigenvalue weighted by Crippen LogP contribution is -2.34. The van der Waals surface area contributed by atoms with Crippen LogP contribution in [-0.4, -0.2) is 24.6 Å². The summed E-state index contributed by atoms with van der Waals surface area (Å²) in [5.74, 6) is 0.574. The van der Waals surface area contributed by atoms with Crippen molar-refractivity contribution < 1.29 is 9.53 Å². The Morgan fingerprint density at radius 1 is 1.59 bits per heavy atom. The van der Waals surface area contributed by atoms with Crippen LogP contribution in [0.5, 0.6) is 5.75 Å². The standard InChI is InChI=1S/C12H17N3O2/c1-7(6-13)14-9-3-4-11-10(5-9)15-12(16)8(2)17-11/h3-5,7-8,14H,6,13H2,1-2H3,(H,15,16). The smallest absolute Gasteiger partial charge is 0.265 e. The van der Waals surface area contributed by atoms with E-state index in [2.05, 4.69) is 10.6 Å². The van der Waals surface area contributed by atoms with Crippen LogP contribution >= 0.6 is 0 Å². The highest BCUT2D eigenvalue weighted by Crippen LogP contribution is 2.32. The molecule has 0 saturated heterocycles. The van der Waals surface area contributed by atoms with Crippen molar-refractivity contribution in [2.75, 3.05) is 17.2 Å². The van der Waals surface area contributed by atoms with Gasteiger partial charge in [0.2, 0.25) is 0 Å². The Kier molecular flexibility index (Phi) is 3.19. The molecule has 0 saturated carbocycles. The Hall–Kier alpha value is -1.75. The van der Waals surface area contributed by atoms with Crippen LogP contribution in [0.15, 0.2) is 18.2 Å². The van der Waals surface area contributed by atoms with E-state index in [0.29, 0.717) is 18.0 Å². The van der Waals surface area contributed by atoms with Crippen molar-refractivity contribution in [1.29, 1.82) is 0 Å². The largest absolute Gasteiger partial charge is 0.479 e. The van der Waals surface area contributed by atoms with Crippen molar-refractivity contribution in [2.24, 2.45) is 5.73 Å². The van der Waals surface area contributed by atoms with Gasteiger partial charge in [0.15, 0.2) is 6.10 Å². The van der Waals surface area contributed by atoms with E-state index < -0.39 is 6.10 Å². The third-order valence-electron chi connectivity index (χ3n) is 2.68. The van der Waals surface area contributed by atoms with Crippen LogP contribution in [0.1, 0.15) is 13.8 Å². The van der Waals surface area contributed by atoms with Gasteiger partial charge in [-0.2, -0.15) is 0 Å². The number of benzene rings is 1. The highest BCUT2D eigenvalue weighted by atomic mass is 16.5. The van der Waals surface area contributed by atoms with Crippen LogP contribution in [-0.2, 0) is 4.79 Å². The summed E-state index contributed by atoms with van der Waals surface area (Å²) in [6, 6.07) is 5.80. The molecule has 1 aromatic rings. The first kappa shape index (κ1) is 11.7. The van der Waals surface area contributed by atoms with Gasteiger partial charge in [0.25, 0.3) is 5.91 Å². The Morgan fingerprint density at radius 3 is 3.06 bits per heavy atom. The molecule has 1 aromatic carbocycles. The number of carbonyl (C=O) groups excluding carboxylic acids is 1. The zero-order chi connectivity index (χ0) is 12.4. The lowest BCUT2D eigenvalue weighted by atomic mass is 10.2. The molecule has 1 heterocycles. The van der Waals surface area contributed by atoms with Crippen molar-refractivity contribution in [3.63, 3.8) is 0 Å². The molecule has 5 heteroatoms. The van der Waals surface area contributed by atoms with Crippen LogP contribution in [0.3, 0.4) is 0 Å². The van der Waals surface area contributed by atoms with Crippen LogP contribution in [0.25, 0.3) is 0 Å². The quantitative estimate of drug-likeness (QED) is 0.735. The van der Waals surface area contributed by atoms with Crippen LogP contribution < -0.4 is 21.1 Å². The molecule has 17 heavy (non-hydrogen) atoms. The monoisotopic (exact) mass is 235 g/mol. The Labute approximate surface area is 100 Å². The van der Waals surface area contributed by atoms with Crippen molar-refractivity contribution in [3.8, 4) is 5.75 Å². The number of ether oxygens (including phenoxy) is 1. The zero-order valence-electron chi connectivity index (χ0n) is 9.99. The number of hydrogen-bond acceptors (Lipinski definition) is 4. The summed E-state index contributed by atoms with van der Waals surface area (Å²) in [4.78, 5) is 11.5. The maximum absolute atomic E-state index is 11.5. The highest BCUT2D eigenvalue weighted by molar-refractivity contribution is 5.98. The molecule has 0 radical (unpaired) electrons. The molecule has 1 aliphatic rings. The maximum atomic E-state index is 11.5. The number of fused-ring (bicyclic) bond motifs is 1. The fraction of sp³-hybridized carbons (Fsp3) is 0.417. The minimum Gasteiger partial charge on any atom is -0.479 e. The molecule has 92 valence electrons. The normalized spacial score (nSPS) is 19.9. The van der Waals surface area contributed by atoms with Gasteiger partial charge in [-0.25, -0.2) is 0 Å². The molecule has 0 fully saturated rings. The molecule has 2 unspecified atom stereocenters. The molecule has 0 aromatic heterocycles. The van der Waals surface area contributed by atoms with Crippen molar-refractivity contribution in [3.05, 3.63) is 18.2 Å². The van der Waals surface area contributed by atoms with Crippen molar-refractivity contribution in [1.82, 2.24) is 0 Å². The van der Waals surface area contributed by atoms with Gasteiger partial charge in [0.1, 0.15) is 5.75 Å². The predicted molar refractivity (Wildman–Crippen MR) is 67.3 cm³/mol. The molecule has 0 bridgehead atoms. The highest BCUT2D eigenvalue weighted by Gasteiger charge is 2.23. The topological polar surface area (TPSA) is 76.4 Å². The molecule has 1 amide bonds. The first-order chi connectivity index (χ1) is 8.10. The van der Waals surface area contributed by atoms with Gasteiger partial charge in [-0.3, -0.25) is 4.79 Å². The maximum Gasteiger partial charge on any atom is 0.265 e. The second kappa shape index (κ2) is 4.63. The lowest BCUT2D eigenvalue weighted by Gasteiger charge is -2.24. The molecule has 0 spiro atoms. The predicted octanol–water partition coefficient (Wildman–Crippen LogP) is 1.17. The number of carbonyl (C=O) groups is 1. The fourth-order valence-electron chi connectivity index (χ4n) is 1.64. The van der Waals surface area contributed by atoms with E-state index in [1.165, 1.54) is 0 Å². The molecule has 5 nitrogen and oxygen atoms in total. The van der Waals surface area contributed by atoms with E-state index in [0.717, 1.165) is 5.69 Å². The van der Waals surface area contributed by atoms with Crippen LogP contribution in [0, 0.1) is 0 Å². The first-order valence-corrected chi connectivity index (χ1v) is 5.68. The number of amides is 1. The Balaban J connectivity index is 2.19. The van der Waals surface area contributed by atoms with Gasteiger partial charge < -0.3 is 21.1 Å². The van der Waals surface area contributed by atoms with E-state index in [1.807, 2.05) is 25.1 Å².